The fraction of sp³-hybridized carbons (Fsp3) is 0.667. The van der Waals surface area contributed by atoms with Crippen LogP contribution in [0, 0.1) is 17.8 Å². The maximum absolute atomic E-state index is 13.4. The van der Waals surface area contributed by atoms with E-state index in [1.54, 1.807) is 4.90 Å². The number of alkyl halides is 3. The normalized spacial score (nSPS) is 30.1. The SMILES string of the molecule is CC(C)C(C[C@]1(C2CC2)NC(O)NC1O)C(=O)N1Cc2ccc(C(F)(F)F)cc2C1. The molecule has 0 aromatic heterocycles. The fourth-order valence-electron chi connectivity index (χ4n) is 4.88. The topological polar surface area (TPSA) is 84.8 Å². The van der Waals surface area contributed by atoms with Gasteiger partial charge in [-0.05, 0) is 54.4 Å². The highest BCUT2D eigenvalue weighted by molar-refractivity contribution is 5.80. The molecule has 6 nitrogen and oxygen atoms in total. The number of aliphatic hydroxyl groups excluding tert-OH is 2. The summed E-state index contributed by atoms with van der Waals surface area (Å²) < 4.78 is 39.1. The zero-order valence-corrected chi connectivity index (χ0v) is 17.0. The van der Waals surface area contributed by atoms with Crippen LogP contribution in [0.3, 0.4) is 0 Å². The summed E-state index contributed by atoms with van der Waals surface area (Å²) in [5.74, 6) is -0.438. The lowest BCUT2D eigenvalue weighted by Gasteiger charge is -2.37. The molecular formula is C21H28F3N3O3. The number of rotatable bonds is 5. The van der Waals surface area contributed by atoms with Gasteiger partial charge >= 0.3 is 6.18 Å². The van der Waals surface area contributed by atoms with Crippen LogP contribution in [0.4, 0.5) is 13.2 Å². The van der Waals surface area contributed by atoms with Crippen molar-refractivity contribution in [2.75, 3.05) is 0 Å². The molecule has 1 amide bonds. The number of nitrogens with zero attached hydrogens (tertiary/aromatic N) is 1. The summed E-state index contributed by atoms with van der Waals surface area (Å²) in [6.45, 7) is 4.29. The van der Waals surface area contributed by atoms with Gasteiger partial charge in [-0.3, -0.25) is 15.4 Å². The molecule has 4 rings (SSSR count). The van der Waals surface area contributed by atoms with E-state index in [2.05, 4.69) is 10.6 Å². The average molecular weight is 427 g/mol. The summed E-state index contributed by atoms with van der Waals surface area (Å²) in [7, 11) is 0. The zero-order chi connectivity index (χ0) is 21.8. The minimum atomic E-state index is -4.41. The first-order valence-electron chi connectivity index (χ1n) is 10.4. The van der Waals surface area contributed by atoms with Gasteiger partial charge < -0.3 is 15.1 Å². The van der Waals surface area contributed by atoms with Crippen LogP contribution in [0.1, 0.15) is 49.8 Å². The van der Waals surface area contributed by atoms with Crippen molar-refractivity contribution in [3.63, 3.8) is 0 Å². The molecule has 0 bridgehead atoms. The second kappa shape index (κ2) is 7.47. The molecule has 1 saturated heterocycles. The van der Waals surface area contributed by atoms with Crippen molar-refractivity contribution in [2.24, 2.45) is 17.8 Å². The van der Waals surface area contributed by atoms with Crippen LogP contribution < -0.4 is 10.6 Å². The first-order valence-corrected chi connectivity index (χ1v) is 10.4. The molecule has 0 spiro atoms. The number of hydrogen-bond acceptors (Lipinski definition) is 5. The van der Waals surface area contributed by atoms with Gasteiger partial charge in [-0.15, -0.1) is 0 Å². The van der Waals surface area contributed by atoms with Gasteiger partial charge in [0.25, 0.3) is 0 Å². The molecule has 2 aliphatic heterocycles. The van der Waals surface area contributed by atoms with Crippen LogP contribution in [0.25, 0.3) is 0 Å². The predicted octanol–water partition coefficient (Wildman–Crippen LogP) is 2.15. The van der Waals surface area contributed by atoms with Gasteiger partial charge in [0.05, 0.1) is 11.1 Å². The highest BCUT2D eigenvalue weighted by Crippen LogP contribution is 2.47. The van der Waals surface area contributed by atoms with Gasteiger partial charge in [-0.25, -0.2) is 0 Å². The number of hydrogen-bond donors (Lipinski definition) is 4. The van der Waals surface area contributed by atoms with E-state index in [-0.39, 0.29) is 30.8 Å². The number of aliphatic hydroxyl groups is 2. The zero-order valence-electron chi connectivity index (χ0n) is 17.0. The Morgan fingerprint density at radius 1 is 1.23 bits per heavy atom. The Labute approximate surface area is 173 Å². The van der Waals surface area contributed by atoms with E-state index in [0.717, 1.165) is 30.5 Å². The lowest BCUT2D eigenvalue weighted by atomic mass is 9.77. The van der Waals surface area contributed by atoms with Gasteiger partial charge in [0, 0.05) is 19.0 Å². The Morgan fingerprint density at radius 3 is 2.43 bits per heavy atom. The van der Waals surface area contributed by atoms with E-state index in [9.17, 15) is 28.2 Å². The highest BCUT2D eigenvalue weighted by Gasteiger charge is 2.56. The second-order valence-electron chi connectivity index (χ2n) is 9.16. The van der Waals surface area contributed by atoms with Gasteiger partial charge in [0.15, 0.2) is 6.35 Å². The van der Waals surface area contributed by atoms with Crippen LogP contribution in [0.15, 0.2) is 18.2 Å². The molecule has 0 radical (unpaired) electrons. The van der Waals surface area contributed by atoms with E-state index in [1.807, 2.05) is 13.8 Å². The number of nitrogens with one attached hydrogen (secondary N) is 2. The van der Waals surface area contributed by atoms with Gasteiger partial charge in [0.2, 0.25) is 5.91 Å². The Balaban J connectivity index is 1.53. The van der Waals surface area contributed by atoms with Gasteiger partial charge in [-0.2, -0.15) is 13.2 Å². The van der Waals surface area contributed by atoms with Crippen molar-refractivity contribution in [1.82, 2.24) is 15.5 Å². The lowest BCUT2D eigenvalue weighted by molar-refractivity contribution is -0.139. The molecule has 1 aliphatic carbocycles. The van der Waals surface area contributed by atoms with E-state index >= 15 is 0 Å². The first-order chi connectivity index (χ1) is 14.0. The predicted molar refractivity (Wildman–Crippen MR) is 102 cm³/mol. The quantitative estimate of drug-likeness (QED) is 0.579. The molecular weight excluding hydrogens is 399 g/mol. The van der Waals surface area contributed by atoms with Crippen LogP contribution in [0.2, 0.25) is 0 Å². The Hall–Kier alpha value is -1.68. The maximum Gasteiger partial charge on any atom is 0.416 e. The van der Waals surface area contributed by atoms with Crippen LogP contribution in [0.5, 0.6) is 0 Å². The Morgan fingerprint density at radius 2 is 1.90 bits per heavy atom. The van der Waals surface area contributed by atoms with Crippen molar-refractivity contribution >= 4 is 5.91 Å². The highest BCUT2D eigenvalue weighted by atomic mass is 19.4. The Kier molecular flexibility index (Phi) is 5.37. The molecule has 4 N–H and O–H groups in total. The van der Waals surface area contributed by atoms with Crippen molar-refractivity contribution < 1.29 is 28.2 Å². The summed E-state index contributed by atoms with van der Waals surface area (Å²) in [4.78, 5) is 15.0. The molecule has 1 saturated carbocycles. The summed E-state index contributed by atoms with van der Waals surface area (Å²) in [5, 5.41) is 26.3. The third-order valence-corrected chi connectivity index (χ3v) is 6.76. The van der Waals surface area contributed by atoms with Crippen LogP contribution in [-0.4, -0.2) is 39.1 Å². The number of carbonyl (C=O) groups is 1. The minimum absolute atomic E-state index is 0.0330. The first kappa shape index (κ1) is 21.5. The lowest BCUT2D eigenvalue weighted by Crippen LogP contribution is -2.55. The molecule has 2 heterocycles. The molecule has 4 atom stereocenters. The summed E-state index contributed by atoms with van der Waals surface area (Å²) in [6.07, 6.45) is -4.26. The monoisotopic (exact) mass is 427 g/mol. The van der Waals surface area contributed by atoms with Gasteiger partial charge in [-0.1, -0.05) is 19.9 Å². The molecule has 1 aromatic rings. The largest absolute Gasteiger partial charge is 0.416 e. The van der Waals surface area contributed by atoms with E-state index in [0.29, 0.717) is 12.0 Å². The van der Waals surface area contributed by atoms with E-state index in [1.165, 1.54) is 6.07 Å². The number of fused-ring (bicyclic) bond motifs is 1. The van der Waals surface area contributed by atoms with E-state index < -0.39 is 35.8 Å². The Bertz CT molecular complexity index is 827. The summed E-state index contributed by atoms with van der Waals surface area (Å²) in [5.41, 5.74) is -0.248. The smallest absolute Gasteiger partial charge is 0.377 e. The summed E-state index contributed by atoms with van der Waals surface area (Å²) in [6, 6.07) is 3.63. The number of carbonyl (C=O) groups excluding carboxylic acids is 1. The van der Waals surface area contributed by atoms with Crippen LogP contribution >= 0.6 is 0 Å². The molecule has 3 aliphatic rings. The number of amides is 1. The van der Waals surface area contributed by atoms with E-state index in [4.69, 9.17) is 0 Å². The second-order valence-corrected chi connectivity index (χ2v) is 9.16. The molecule has 1 aromatic carbocycles. The third-order valence-electron chi connectivity index (χ3n) is 6.76. The van der Waals surface area contributed by atoms with Crippen molar-refractivity contribution in [3.8, 4) is 0 Å². The van der Waals surface area contributed by atoms with Crippen molar-refractivity contribution in [2.45, 2.75) is 70.5 Å². The fourth-order valence-corrected chi connectivity index (χ4v) is 4.88. The minimum Gasteiger partial charge on any atom is -0.377 e. The van der Waals surface area contributed by atoms with Gasteiger partial charge in [0.1, 0.15) is 6.23 Å². The molecule has 9 heteroatoms. The van der Waals surface area contributed by atoms with Crippen molar-refractivity contribution in [3.05, 3.63) is 34.9 Å². The van der Waals surface area contributed by atoms with Crippen molar-refractivity contribution in [1.29, 1.82) is 0 Å². The molecule has 30 heavy (non-hydrogen) atoms. The third kappa shape index (κ3) is 3.84. The number of benzene rings is 1. The average Bonchev–Trinajstić information content (AvgIpc) is 3.35. The van der Waals surface area contributed by atoms with Crippen LogP contribution in [-0.2, 0) is 24.1 Å². The molecule has 2 fully saturated rings. The molecule has 166 valence electrons. The summed E-state index contributed by atoms with van der Waals surface area (Å²) >= 11 is 0. The number of halogens is 3. The standard InChI is InChI=1S/C21H28F3N3O3/c1-11(2)16(8-20(14-5-6-14)18(29)25-19(30)26-20)17(28)27-9-12-3-4-15(21(22,23)24)7-13(12)10-27/h3-4,7,11,14,16,18-19,25-26,29-30H,5-6,8-10H2,1-2H3/t16?,18?,19?,20-/m1/s1. The maximum atomic E-state index is 13.4. The molecule has 3 unspecified atom stereocenters.